The SMILES string of the molecule is Cc1nn(C)c(C)c1NC(=O)COC(=O)c1cc(Br)c[nH]1. The Hall–Kier alpha value is -2.09. The minimum atomic E-state index is -0.588. The molecule has 0 aliphatic carbocycles. The molecule has 2 heterocycles. The lowest BCUT2D eigenvalue weighted by Crippen LogP contribution is -2.21. The number of halogens is 1. The number of esters is 1. The molecule has 0 aliphatic heterocycles. The third kappa shape index (κ3) is 3.52. The summed E-state index contributed by atoms with van der Waals surface area (Å²) in [5.74, 6) is -0.997. The van der Waals surface area contributed by atoms with Crippen LogP contribution in [-0.2, 0) is 16.6 Å². The zero-order chi connectivity index (χ0) is 15.6. The van der Waals surface area contributed by atoms with Crippen LogP contribution in [0.3, 0.4) is 0 Å². The predicted molar refractivity (Wildman–Crippen MR) is 80.1 cm³/mol. The Labute approximate surface area is 129 Å². The molecular formula is C13H15BrN4O3. The number of aromatic nitrogens is 3. The van der Waals surface area contributed by atoms with Crippen molar-refractivity contribution in [1.29, 1.82) is 0 Å². The number of aromatic amines is 1. The van der Waals surface area contributed by atoms with Crippen LogP contribution in [0.25, 0.3) is 0 Å². The molecule has 1 amide bonds. The Balaban J connectivity index is 1.92. The van der Waals surface area contributed by atoms with E-state index in [1.807, 2.05) is 6.92 Å². The van der Waals surface area contributed by atoms with E-state index in [2.05, 4.69) is 31.3 Å². The van der Waals surface area contributed by atoms with E-state index in [4.69, 9.17) is 4.74 Å². The fourth-order valence-corrected chi connectivity index (χ4v) is 2.17. The van der Waals surface area contributed by atoms with Crippen molar-refractivity contribution in [3.63, 3.8) is 0 Å². The number of nitrogens with one attached hydrogen (secondary N) is 2. The summed E-state index contributed by atoms with van der Waals surface area (Å²) >= 11 is 3.22. The molecule has 0 saturated carbocycles. The van der Waals surface area contributed by atoms with Crippen LogP contribution in [0.15, 0.2) is 16.7 Å². The average Bonchev–Trinajstić information content (AvgIpc) is 2.96. The molecule has 0 aromatic carbocycles. The van der Waals surface area contributed by atoms with Gasteiger partial charge in [-0.2, -0.15) is 5.10 Å². The van der Waals surface area contributed by atoms with Gasteiger partial charge in [0.2, 0.25) is 0 Å². The molecule has 21 heavy (non-hydrogen) atoms. The summed E-state index contributed by atoms with van der Waals surface area (Å²) in [7, 11) is 1.79. The van der Waals surface area contributed by atoms with E-state index in [9.17, 15) is 9.59 Å². The first-order valence-corrected chi connectivity index (χ1v) is 6.99. The average molecular weight is 355 g/mol. The van der Waals surface area contributed by atoms with E-state index < -0.39 is 11.9 Å². The third-order valence-electron chi connectivity index (χ3n) is 2.98. The number of amides is 1. The van der Waals surface area contributed by atoms with E-state index in [0.29, 0.717) is 11.4 Å². The fraction of sp³-hybridized carbons (Fsp3) is 0.308. The number of nitrogens with zero attached hydrogens (tertiary/aromatic N) is 2. The Bertz CT molecular complexity index is 690. The molecule has 2 aromatic heterocycles. The van der Waals surface area contributed by atoms with Gasteiger partial charge in [-0.25, -0.2) is 4.79 Å². The van der Waals surface area contributed by atoms with Gasteiger partial charge in [-0.1, -0.05) is 0 Å². The minimum Gasteiger partial charge on any atom is -0.451 e. The van der Waals surface area contributed by atoms with Gasteiger partial charge in [-0.3, -0.25) is 9.48 Å². The number of hydrogen-bond acceptors (Lipinski definition) is 4. The van der Waals surface area contributed by atoms with Crippen molar-refractivity contribution in [1.82, 2.24) is 14.8 Å². The van der Waals surface area contributed by atoms with Crippen LogP contribution >= 0.6 is 15.9 Å². The summed E-state index contributed by atoms with van der Waals surface area (Å²) < 4.78 is 7.34. The van der Waals surface area contributed by atoms with Gasteiger partial charge in [0.25, 0.3) is 5.91 Å². The highest BCUT2D eigenvalue weighted by Gasteiger charge is 2.15. The molecule has 0 aliphatic rings. The first-order valence-electron chi connectivity index (χ1n) is 6.19. The first-order chi connectivity index (χ1) is 9.88. The predicted octanol–water partition coefficient (Wildman–Crippen LogP) is 1.92. The summed E-state index contributed by atoms with van der Waals surface area (Å²) in [5, 5.41) is 6.89. The lowest BCUT2D eigenvalue weighted by atomic mass is 10.3. The molecule has 0 atom stereocenters. The summed E-state index contributed by atoms with van der Waals surface area (Å²) in [6, 6.07) is 1.58. The van der Waals surface area contributed by atoms with Crippen molar-refractivity contribution in [2.75, 3.05) is 11.9 Å². The second-order valence-corrected chi connectivity index (χ2v) is 5.44. The number of hydrogen-bond donors (Lipinski definition) is 2. The van der Waals surface area contributed by atoms with Crippen LogP contribution in [0.2, 0.25) is 0 Å². The molecular weight excluding hydrogens is 340 g/mol. The zero-order valence-corrected chi connectivity index (χ0v) is 13.4. The van der Waals surface area contributed by atoms with Gasteiger partial charge in [-0.05, 0) is 35.8 Å². The highest BCUT2D eigenvalue weighted by Crippen LogP contribution is 2.18. The zero-order valence-electron chi connectivity index (χ0n) is 11.9. The van der Waals surface area contributed by atoms with Crippen LogP contribution in [0.4, 0.5) is 5.69 Å². The topological polar surface area (TPSA) is 89.0 Å². The Morgan fingerprint density at radius 2 is 2.19 bits per heavy atom. The molecule has 0 fully saturated rings. The molecule has 0 spiro atoms. The molecule has 2 rings (SSSR count). The van der Waals surface area contributed by atoms with Gasteiger partial charge in [0.15, 0.2) is 6.61 Å². The third-order valence-corrected chi connectivity index (χ3v) is 3.43. The van der Waals surface area contributed by atoms with E-state index >= 15 is 0 Å². The smallest absolute Gasteiger partial charge is 0.355 e. The van der Waals surface area contributed by atoms with Crippen LogP contribution in [0, 0.1) is 13.8 Å². The maximum absolute atomic E-state index is 11.8. The Morgan fingerprint density at radius 3 is 2.71 bits per heavy atom. The second kappa shape index (κ2) is 6.13. The fourth-order valence-electron chi connectivity index (χ4n) is 1.82. The van der Waals surface area contributed by atoms with E-state index in [1.165, 1.54) is 0 Å². The van der Waals surface area contributed by atoms with Crippen molar-refractivity contribution >= 4 is 33.5 Å². The van der Waals surface area contributed by atoms with Crippen molar-refractivity contribution in [3.05, 3.63) is 33.8 Å². The molecule has 7 nitrogen and oxygen atoms in total. The van der Waals surface area contributed by atoms with E-state index in [1.54, 1.807) is 30.9 Å². The van der Waals surface area contributed by atoms with Gasteiger partial charge < -0.3 is 15.0 Å². The van der Waals surface area contributed by atoms with E-state index in [-0.39, 0.29) is 12.3 Å². The number of H-pyrrole nitrogens is 1. The molecule has 2 aromatic rings. The van der Waals surface area contributed by atoms with E-state index in [0.717, 1.165) is 10.2 Å². The highest BCUT2D eigenvalue weighted by molar-refractivity contribution is 9.10. The van der Waals surface area contributed by atoms with Gasteiger partial charge in [0.1, 0.15) is 5.69 Å². The molecule has 112 valence electrons. The van der Waals surface area contributed by atoms with Gasteiger partial charge in [-0.15, -0.1) is 0 Å². The summed E-state index contributed by atoms with van der Waals surface area (Å²) in [5.41, 5.74) is 2.47. The summed E-state index contributed by atoms with van der Waals surface area (Å²) in [6.45, 7) is 3.28. The van der Waals surface area contributed by atoms with Crippen molar-refractivity contribution < 1.29 is 14.3 Å². The summed E-state index contributed by atoms with van der Waals surface area (Å²) in [4.78, 5) is 26.2. The molecule has 0 radical (unpaired) electrons. The number of anilines is 1. The van der Waals surface area contributed by atoms with Crippen LogP contribution < -0.4 is 5.32 Å². The van der Waals surface area contributed by atoms with Gasteiger partial charge in [0.05, 0.1) is 17.1 Å². The van der Waals surface area contributed by atoms with Gasteiger partial charge >= 0.3 is 5.97 Å². The van der Waals surface area contributed by atoms with Crippen LogP contribution in [0.1, 0.15) is 21.9 Å². The maximum Gasteiger partial charge on any atom is 0.355 e. The Morgan fingerprint density at radius 1 is 1.48 bits per heavy atom. The maximum atomic E-state index is 11.8. The number of ether oxygens (including phenoxy) is 1. The standard InChI is InChI=1S/C13H15BrN4O3/c1-7-12(8(2)18(3)17-7)16-11(19)6-21-13(20)10-4-9(14)5-15-10/h4-5,15H,6H2,1-3H3,(H,16,19). The first kappa shape index (κ1) is 15.3. The number of carbonyl (C=O) groups is 2. The quantitative estimate of drug-likeness (QED) is 0.821. The number of aryl methyl sites for hydroxylation is 2. The minimum absolute atomic E-state index is 0.281. The van der Waals surface area contributed by atoms with Crippen molar-refractivity contribution in [2.24, 2.45) is 7.05 Å². The second-order valence-electron chi connectivity index (χ2n) is 4.53. The molecule has 2 N–H and O–H groups in total. The largest absolute Gasteiger partial charge is 0.451 e. The van der Waals surface area contributed by atoms with Crippen LogP contribution in [-0.4, -0.2) is 33.2 Å². The molecule has 8 heteroatoms. The highest BCUT2D eigenvalue weighted by atomic mass is 79.9. The normalized spacial score (nSPS) is 10.5. The molecule has 0 saturated heterocycles. The van der Waals surface area contributed by atoms with Crippen molar-refractivity contribution in [2.45, 2.75) is 13.8 Å². The summed E-state index contributed by atoms with van der Waals surface area (Å²) in [6.07, 6.45) is 1.61. The number of carbonyl (C=O) groups excluding carboxylic acids is 2. The lowest BCUT2D eigenvalue weighted by molar-refractivity contribution is -0.119. The molecule has 0 unspecified atom stereocenters. The molecule has 0 bridgehead atoms. The van der Waals surface area contributed by atoms with Gasteiger partial charge in [0, 0.05) is 17.7 Å². The lowest BCUT2D eigenvalue weighted by Gasteiger charge is -2.06. The Kier molecular flexibility index (Phi) is 4.46. The van der Waals surface area contributed by atoms with Crippen LogP contribution in [0.5, 0.6) is 0 Å². The van der Waals surface area contributed by atoms with Crippen molar-refractivity contribution in [3.8, 4) is 0 Å². The number of rotatable bonds is 4. The monoisotopic (exact) mass is 354 g/mol.